The van der Waals surface area contributed by atoms with E-state index in [0.717, 1.165) is 24.6 Å². The summed E-state index contributed by atoms with van der Waals surface area (Å²) in [5.41, 5.74) is 2.19. The van der Waals surface area contributed by atoms with E-state index in [2.05, 4.69) is 15.2 Å². The Morgan fingerprint density at radius 3 is 2.75 bits per heavy atom. The van der Waals surface area contributed by atoms with Crippen LogP contribution in [0.3, 0.4) is 0 Å². The highest BCUT2D eigenvalue weighted by atomic mass is 127. The lowest BCUT2D eigenvalue weighted by molar-refractivity contribution is 0.151. The lowest BCUT2D eigenvalue weighted by atomic mass is 9.68. The number of benzene rings is 1. The number of ether oxygens (including phenoxy) is 1. The highest BCUT2D eigenvalue weighted by Crippen LogP contribution is 2.47. The number of nitrogens with one attached hydrogen (secondary N) is 1. The second-order valence-corrected chi connectivity index (χ2v) is 6.78. The zero-order chi connectivity index (χ0) is 16.3. The number of hydrogen-bond acceptors (Lipinski definition) is 2. The van der Waals surface area contributed by atoms with Crippen LogP contribution >= 0.6 is 24.0 Å². The number of hydrogen-bond donors (Lipinski definition) is 1. The fraction of sp³-hybridized carbons (Fsp3) is 0.611. The molecule has 3 rings (SSSR count). The Kier molecular flexibility index (Phi) is 6.86. The number of halogens is 2. The molecule has 6 heteroatoms. The molecular formula is C18H27FIN3O. The van der Waals surface area contributed by atoms with E-state index in [1.807, 2.05) is 19.2 Å². The monoisotopic (exact) mass is 447 g/mol. The summed E-state index contributed by atoms with van der Waals surface area (Å²) in [4.78, 5) is 6.78. The minimum Gasteiger partial charge on any atom is -0.380 e. The van der Waals surface area contributed by atoms with Gasteiger partial charge in [0.25, 0.3) is 0 Å². The van der Waals surface area contributed by atoms with Gasteiger partial charge in [-0.2, -0.15) is 0 Å². The molecule has 0 atom stereocenters. The van der Waals surface area contributed by atoms with E-state index in [4.69, 9.17) is 4.74 Å². The molecule has 0 amide bonds. The first-order valence-corrected chi connectivity index (χ1v) is 8.38. The molecule has 1 N–H and O–H groups in total. The lowest BCUT2D eigenvalue weighted by Gasteiger charge is -2.38. The van der Waals surface area contributed by atoms with Crippen LogP contribution in [-0.4, -0.2) is 38.1 Å². The summed E-state index contributed by atoms with van der Waals surface area (Å²) < 4.78 is 18.7. The quantitative estimate of drug-likeness (QED) is 0.436. The van der Waals surface area contributed by atoms with E-state index in [0.29, 0.717) is 24.1 Å². The zero-order valence-electron chi connectivity index (χ0n) is 14.5. The zero-order valence-corrected chi connectivity index (χ0v) is 16.8. The molecule has 1 saturated heterocycles. The molecule has 2 aliphatic rings. The van der Waals surface area contributed by atoms with Gasteiger partial charge in [-0.15, -0.1) is 24.0 Å². The second kappa shape index (κ2) is 8.47. The van der Waals surface area contributed by atoms with Gasteiger partial charge >= 0.3 is 0 Å². The average molecular weight is 447 g/mol. The normalized spacial score (nSPS) is 19.1. The van der Waals surface area contributed by atoms with Gasteiger partial charge in [-0.3, -0.25) is 4.99 Å². The molecule has 2 fully saturated rings. The molecule has 24 heavy (non-hydrogen) atoms. The Balaban J connectivity index is 0.00000208. The predicted octanol–water partition coefficient (Wildman–Crippen LogP) is 3.54. The Bertz CT molecular complexity index is 590. The van der Waals surface area contributed by atoms with E-state index in [9.17, 15) is 4.39 Å². The summed E-state index contributed by atoms with van der Waals surface area (Å²) in [6.07, 6.45) is 5.37. The summed E-state index contributed by atoms with van der Waals surface area (Å²) in [7, 11) is 3.41. The maximum atomic E-state index is 13.7. The van der Waals surface area contributed by atoms with Crippen LogP contribution in [0.5, 0.6) is 0 Å². The lowest BCUT2D eigenvalue weighted by Crippen LogP contribution is -2.42. The van der Waals surface area contributed by atoms with Gasteiger partial charge in [0.05, 0.1) is 6.61 Å². The maximum Gasteiger partial charge on any atom is 0.193 e. The minimum atomic E-state index is -0.216. The highest BCUT2D eigenvalue weighted by Gasteiger charge is 2.43. The first-order chi connectivity index (χ1) is 11.2. The molecule has 1 spiro atoms. The second-order valence-electron chi connectivity index (χ2n) is 6.78. The largest absolute Gasteiger partial charge is 0.380 e. The number of likely N-dealkylation sites (tertiary alicyclic amines) is 1. The Hall–Kier alpha value is -0.890. The van der Waals surface area contributed by atoms with Crippen LogP contribution in [0.4, 0.5) is 4.39 Å². The molecule has 1 aromatic rings. The van der Waals surface area contributed by atoms with Crippen LogP contribution in [0.25, 0.3) is 0 Å². The number of methoxy groups -OCH3 is 1. The Labute approximate surface area is 160 Å². The van der Waals surface area contributed by atoms with Crippen molar-refractivity contribution in [2.45, 2.75) is 38.8 Å². The Morgan fingerprint density at radius 2 is 2.17 bits per heavy atom. The number of rotatable bonds is 4. The van der Waals surface area contributed by atoms with E-state index >= 15 is 0 Å². The summed E-state index contributed by atoms with van der Waals surface area (Å²) in [5.74, 6) is 0.734. The highest BCUT2D eigenvalue weighted by molar-refractivity contribution is 14.0. The van der Waals surface area contributed by atoms with Gasteiger partial charge in [0.1, 0.15) is 5.82 Å². The third kappa shape index (κ3) is 4.20. The topological polar surface area (TPSA) is 36.9 Å². The van der Waals surface area contributed by atoms with Gasteiger partial charge in [-0.1, -0.05) is 12.5 Å². The fourth-order valence-corrected chi connectivity index (χ4v) is 3.72. The van der Waals surface area contributed by atoms with Crippen molar-refractivity contribution in [3.8, 4) is 0 Å². The molecule has 0 bridgehead atoms. The van der Waals surface area contributed by atoms with Crippen LogP contribution in [0, 0.1) is 11.2 Å². The summed E-state index contributed by atoms with van der Waals surface area (Å²) in [6, 6.07) is 5.18. The predicted molar refractivity (Wildman–Crippen MR) is 105 cm³/mol. The molecule has 1 aliphatic carbocycles. The standard InChI is InChI=1S/C18H26FN3O.HI/c1-20-17(22-9-8-18(13-22)6-3-7-18)21-11-14-4-5-16(19)15(10-14)12-23-2;/h4-5,10H,3,6-9,11-13H2,1-2H3,(H,20,21);1H. The van der Waals surface area contributed by atoms with Gasteiger partial charge in [-0.25, -0.2) is 4.39 Å². The number of nitrogens with zero attached hydrogens (tertiary/aromatic N) is 2. The third-order valence-electron chi connectivity index (χ3n) is 5.22. The van der Waals surface area contributed by atoms with Crippen molar-refractivity contribution in [2.24, 2.45) is 10.4 Å². The van der Waals surface area contributed by atoms with Gasteiger partial charge in [0.2, 0.25) is 0 Å². The SMILES string of the molecule is CN=C(NCc1ccc(F)c(COC)c1)N1CCC2(CCC2)C1.I. The smallest absolute Gasteiger partial charge is 0.193 e. The molecule has 0 aromatic heterocycles. The molecule has 4 nitrogen and oxygen atoms in total. The molecule has 1 aliphatic heterocycles. The van der Waals surface area contributed by atoms with Gasteiger partial charge in [0.15, 0.2) is 5.96 Å². The minimum absolute atomic E-state index is 0. The van der Waals surface area contributed by atoms with Crippen molar-refractivity contribution in [3.05, 3.63) is 35.1 Å². The molecule has 0 radical (unpaired) electrons. The van der Waals surface area contributed by atoms with Gasteiger partial charge in [-0.05, 0) is 42.4 Å². The molecule has 0 unspecified atom stereocenters. The average Bonchev–Trinajstić information content (AvgIpc) is 2.97. The summed E-state index contributed by atoms with van der Waals surface area (Å²) >= 11 is 0. The van der Waals surface area contributed by atoms with Crippen LogP contribution in [-0.2, 0) is 17.9 Å². The van der Waals surface area contributed by atoms with Gasteiger partial charge < -0.3 is 15.0 Å². The van der Waals surface area contributed by atoms with Crippen LogP contribution < -0.4 is 5.32 Å². The Morgan fingerprint density at radius 1 is 1.38 bits per heavy atom. The van der Waals surface area contributed by atoms with Crippen molar-refractivity contribution in [1.29, 1.82) is 0 Å². The summed E-state index contributed by atoms with van der Waals surface area (Å²) in [6.45, 7) is 3.14. The molecule has 134 valence electrons. The maximum absolute atomic E-state index is 13.7. The molecule has 1 heterocycles. The van der Waals surface area contributed by atoms with Crippen molar-refractivity contribution in [2.75, 3.05) is 27.2 Å². The van der Waals surface area contributed by atoms with Crippen molar-refractivity contribution in [3.63, 3.8) is 0 Å². The van der Waals surface area contributed by atoms with Crippen molar-refractivity contribution < 1.29 is 9.13 Å². The van der Waals surface area contributed by atoms with E-state index in [1.165, 1.54) is 31.7 Å². The van der Waals surface area contributed by atoms with E-state index < -0.39 is 0 Å². The number of guanidine groups is 1. The van der Waals surface area contributed by atoms with Crippen LogP contribution in [0.15, 0.2) is 23.2 Å². The first kappa shape index (κ1) is 19.4. The third-order valence-corrected chi connectivity index (χ3v) is 5.22. The van der Waals surface area contributed by atoms with Crippen LogP contribution in [0.2, 0.25) is 0 Å². The van der Waals surface area contributed by atoms with Crippen molar-refractivity contribution in [1.82, 2.24) is 10.2 Å². The summed E-state index contributed by atoms with van der Waals surface area (Å²) in [5, 5.41) is 3.42. The van der Waals surface area contributed by atoms with Gasteiger partial charge in [0, 0.05) is 39.4 Å². The molecule has 1 saturated carbocycles. The number of aliphatic imine (C=N–C) groups is 1. The first-order valence-electron chi connectivity index (χ1n) is 8.38. The molecular weight excluding hydrogens is 420 g/mol. The van der Waals surface area contributed by atoms with Crippen LogP contribution in [0.1, 0.15) is 36.8 Å². The van der Waals surface area contributed by atoms with E-state index in [-0.39, 0.29) is 29.8 Å². The fourth-order valence-electron chi connectivity index (χ4n) is 3.72. The molecule has 1 aromatic carbocycles. The van der Waals surface area contributed by atoms with E-state index in [1.54, 1.807) is 7.11 Å². The van der Waals surface area contributed by atoms with Crippen molar-refractivity contribution >= 4 is 29.9 Å².